The van der Waals surface area contributed by atoms with E-state index in [4.69, 9.17) is 0 Å². The molecule has 0 bridgehead atoms. The molecule has 0 aliphatic heterocycles. The van der Waals surface area contributed by atoms with Crippen molar-refractivity contribution in [3.05, 3.63) is 70.2 Å². The Morgan fingerprint density at radius 2 is 1.74 bits per heavy atom. The van der Waals surface area contributed by atoms with E-state index in [-0.39, 0.29) is 0 Å². The van der Waals surface area contributed by atoms with Crippen LogP contribution in [-0.2, 0) is 6.54 Å². The van der Waals surface area contributed by atoms with Crippen molar-refractivity contribution < 1.29 is 0 Å². The summed E-state index contributed by atoms with van der Waals surface area (Å²) in [6, 6.07) is 19.5. The second-order valence-corrected chi connectivity index (χ2v) is 6.06. The third-order valence-corrected chi connectivity index (χ3v) is 3.73. The van der Waals surface area contributed by atoms with E-state index in [1.54, 1.807) is 0 Å². The van der Waals surface area contributed by atoms with Gasteiger partial charge < -0.3 is 5.32 Å². The highest BCUT2D eigenvalue weighted by molar-refractivity contribution is 9.10. The van der Waals surface area contributed by atoms with Crippen LogP contribution in [0.2, 0.25) is 0 Å². The summed E-state index contributed by atoms with van der Waals surface area (Å²) in [5.74, 6) is 0.564. The van der Waals surface area contributed by atoms with E-state index in [1.165, 1.54) is 11.1 Å². The predicted molar refractivity (Wildman–Crippen MR) is 85.0 cm³/mol. The molecular weight excluding hydrogens is 298 g/mol. The summed E-state index contributed by atoms with van der Waals surface area (Å²) in [5, 5.41) is 3.66. The Bertz CT molecular complexity index is 508. The lowest BCUT2D eigenvalue weighted by molar-refractivity contribution is 0.410. The first-order chi connectivity index (χ1) is 9.16. The van der Waals surface area contributed by atoms with Crippen molar-refractivity contribution in [3.63, 3.8) is 0 Å². The Morgan fingerprint density at radius 1 is 1.00 bits per heavy atom. The van der Waals surface area contributed by atoms with Crippen molar-refractivity contribution in [1.82, 2.24) is 5.32 Å². The van der Waals surface area contributed by atoms with E-state index in [2.05, 4.69) is 89.7 Å². The number of nitrogens with one attached hydrogen (secondary N) is 1. The van der Waals surface area contributed by atoms with Gasteiger partial charge in [0, 0.05) is 17.1 Å². The van der Waals surface area contributed by atoms with Crippen molar-refractivity contribution in [3.8, 4) is 0 Å². The minimum absolute atomic E-state index is 0.389. The minimum Gasteiger partial charge on any atom is -0.306 e. The van der Waals surface area contributed by atoms with Crippen LogP contribution < -0.4 is 5.32 Å². The molecule has 2 aromatic carbocycles. The highest BCUT2D eigenvalue weighted by Crippen LogP contribution is 2.22. The normalized spacial score (nSPS) is 12.6. The van der Waals surface area contributed by atoms with Crippen LogP contribution in [0.4, 0.5) is 0 Å². The third kappa shape index (κ3) is 4.19. The van der Waals surface area contributed by atoms with Crippen LogP contribution in [0.3, 0.4) is 0 Å². The van der Waals surface area contributed by atoms with E-state index >= 15 is 0 Å². The van der Waals surface area contributed by atoms with Crippen LogP contribution in [0.5, 0.6) is 0 Å². The molecule has 0 heterocycles. The highest BCUT2D eigenvalue weighted by Gasteiger charge is 2.14. The van der Waals surface area contributed by atoms with Gasteiger partial charge >= 0.3 is 0 Å². The first-order valence-corrected chi connectivity index (χ1v) is 7.49. The summed E-state index contributed by atoms with van der Waals surface area (Å²) in [6.45, 7) is 5.40. The van der Waals surface area contributed by atoms with Gasteiger partial charge in [-0.3, -0.25) is 0 Å². The zero-order valence-electron chi connectivity index (χ0n) is 11.4. The largest absolute Gasteiger partial charge is 0.306 e. The molecule has 100 valence electrons. The number of hydrogen-bond acceptors (Lipinski definition) is 1. The van der Waals surface area contributed by atoms with Crippen molar-refractivity contribution in [2.75, 3.05) is 0 Å². The number of halogens is 1. The van der Waals surface area contributed by atoms with E-state index < -0.39 is 0 Å². The highest BCUT2D eigenvalue weighted by atomic mass is 79.9. The Hall–Kier alpha value is -1.12. The van der Waals surface area contributed by atoms with Crippen LogP contribution in [-0.4, -0.2) is 0 Å². The van der Waals surface area contributed by atoms with Gasteiger partial charge in [0.25, 0.3) is 0 Å². The lowest BCUT2D eigenvalue weighted by atomic mass is 9.96. The molecule has 0 fully saturated rings. The van der Waals surface area contributed by atoms with E-state index in [0.29, 0.717) is 12.0 Å². The summed E-state index contributed by atoms with van der Waals surface area (Å²) < 4.78 is 1.13. The second kappa shape index (κ2) is 6.88. The predicted octanol–water partition coefficient (Wildman–Crippen LogP) is 4.94. The van der Waals surface area contributed by atoms with Gasteiger partial charge in [-0.1, -0.05) is 72.2 Å². The zero-order valence-corrected chi connectivity index (χ0v) is 13.0. The van der Waals surface area contributed by atoms with Gasteiger partial charge in [-0.15, -0.1) is 0 Å². The van der Waals surface area contributed by atoms with Gasteiger partial charge in [-0.05, 0) is 29.2 Å². The van der Waals surface area contributed by atoms with Crippen LogP contribution >= 0.6 is 15.9 Å². The molecule has 0 aliphatic rings. The first kappa shape index (κ1) is 14.3. The van der Waals surface area contributed by atoms with Crippen molar-refractivity contribution in [1.29, 1.82) is 0 Å². The maximum absolute atomic E-state index is 3.66. The molecule has 0 radical (unpaired) electrons. The van der Waals surface area contributed by atoms with E-state index in [0.717, 1.165) is 11.0 Å². The smallest absolute Gasteiger partial charge is 0.0346 e. The molecular formula is C17H20BrN. The molecule has 2 heteroatoms. The molecule has 0 aliphatic carbocycles. The van der Waals surface area contributed by atoms with Crippen LogP contribution in [0.25, 0.3) is 0 Å². The maximum Gasteiger partial charge on any atom is 0.0346 e. The molecule has 1 unspecified atom stereocenters. The molecule has 0 amide bonds. The Morgan fingerprint density at radius 3 is 2.37 bits per heavy atom. The van der Waals surface area contributed by atoms with Gasteiger partial charge in [-0.25, -0.2) is 0 Å². The molecule has 0 saturated carbocycles. The monoisotopic (exact) mass is 317 g/mol. The Labute approximate surface area is 124 Å². The summed E-state index contributed by atoms with van der Waals surface area (Å²) >= 11 is 3.52. The van der Waals surface area contributed by atoms with E-state index in [1.807, 2.05) is 0 Å². The number of hydrogen-bond donors (Lipinski definition) is 1. The number of benzene rings is 2. The van der Waals surface area contributed by atoms with Gasteiger partial charge in [0.05, 0.1) is 0 Å². The molecule has 1 atom stereocenters. The zero-order chi connectivity index (χ0) is 13.7. The molecule has 1 N–H and O–H groups in total. The summed E-state index contributed by atoms with van der Waals surface area (Å²) in [6.07, 6.45) is 0. The lowest BCUT2D eigenvalue weighted by Crippen LogP contribution is -2.25. The molecule has 19 heavy (non-hydrogen) atoms. The second-order valence-electron chi connectivity index (χ2n) is 5.14. The topological polar surface area (TPSA) is 12.0 Å². The van der Waals surface area contributed by atoms with Gasteiger partial charge in [-0.2, -0.15) is 0 Å². The van der Waals surface area contributed by atoms with Crippen LogP contribution in [0, 0.1) is 5.92 Å². The molecule has 0 aromatic heterocycles. The fourth-order valence-corrected chi connectivity index (χ4v) is 2.72. The number of rotatable bonds is 5. The molecule has 1 nitrogen and oxygen atoms in total. The summed E-state index contributed by atoms with van der Waals surface area (Å²) in [5.41, 5.74) is 2.66. The first-order valence-electron chi connectivity index (χ1n) is 6.69. The summed E-state index contributed by atoms with van der Waals surface area (Å²) in [7, 11) is 0. The summed E-state index contributed by atoms with van der Waals surface area (Å²) in [4.78, 5) is 0. The van der Waals surface area contributed by atoms with E-state index in [9.17, 15) is 0 Å². The minimum atomic E-state index is 0.389. The third-order valence-electron chi connectivity index (χ3n) is 3.24. The average Bonchev–Trinajstić information content (AvgIpc) is 2.40. The van der Waals surface area contributed by atoms with Crippen molar-refractivity contribution >= 4 is 15.9 Å². The van der Waals surface area contributed by atoms with Gasteiger partial charge in [0.1, 0.15) is 0 Å². The molecule has 0 spiro atoms. The van der Waals surface area contributed by atoms with Gasteiger partial charge in [0.15, 0.2) is 0 Å². The van der Waals surface area contributed by atoms with Crippen LogP contribution in [0.1, 0.15) is 31.0 Å². The SMILES string of the molecule is CC(C)C(NCc1cccc(Br)c1)c1ccccc1. The fraction of sp³-hybridized carbons (Fsp3) is 0.294. The standard InChI is InChI=1S/C17H20BrN/c1-13(2)17(15-8-4-3-5-9-15)19-12-14-7-6-10-16(18)11-14/h3-11,13,17,19H,12H2,1-2H3. The Kier molecular flexibility index (Phi) is 5.17. The van der Waals surface area contributed by atoms with Crippen molar-refractivity contribution in [2.24, 2.45) is 5.92 Å². The lowest BCUT2D eigenvalue weighted by Gasteiger charge is -2.23. The quantitative estimate of drug-likeness (QED) is 0.824. The molecule has 2 rings (SSSR count). The fourth-order valence-electron chi connectivity index (χ4n) is 2.27. The molecule has 0 saturated heterocycles. The average molecular weight is 318 g/mol. The van der Waals surface area contributed by atoms with Crippen molar-refractivity contribution in [2.45, 2.75) is 26.4 Å². The van der Waals surface area contributed by atoms with Crippen LogP contribution in [0.15, 0.2) is 59.1 Å². The maximum atomic E-state index is 3.66. The van der Waals surface area contributed by atoms with Gasteiger partial charge in [0.2, 0.25) is 0 Å². The Balaban J connectivity index is 2.06. The molecule has 2 aromatic rings.